The molecule has 86 valence electrons. The Bertz CT molecular complexity index is 369. The highest BCUT2D eigenvalue weighted by molar-refractivity contribution is 5.51. The van der Waals surface area contributed by atoms with Gasteiger partial charge in [0.25, 0.3) is 0 Å². The zero-order chi connectivity index (χ0) is 11.4. The molecule has 0 radical (unpaired) electrons. The Morgan fingerprint density at radius 1 is 1.19 bits per heavy atom. The number of aromatic amines is 1. The maximum Gasteiger partial charge on any atom is 0.154 e. The van der Waals surface area contributed by atoms with Gasteiger partial charge in [-0.1, -0.05) is 12.2 Å². The summed E-state index contributed by atoms with van der Waals surface area (Å²) in [6.07, 6.45) is 8.65. The third-order valence-electron chi connectivity index (χ3n) is 3.03. The molecule has 1 aliphatic carbocycles. The minimum Gasteiger partial charge on any atom is -0.347 e. The Morgan fingerprint density at radius 2 is 1.88 bits per heavy atom. The molecule has 1 aromatic rings. The topological polar surface area (TPSA) is 31.9 Å². The zero-order valence-corrected chi connectivity index (χ0v) is 9.71. The van der Waals surface area contributed by atoms with Crippen molar-refractivity contribution < 1.29 is 0 Å². The number of hydrogen-bond acceptors (Lipinski definition) is 2. The average molecular weight is 217 g/mol. The number of hydrogen-bond donors (Lipinski definition) is 1. The van der Waals surface area contributed by atoms with Gasteiger partial charge in [-0.2, -0.15) is 5.10 Å². The molecule has 1 N–H and O–H groups in total. The van der Waals surface area contributed by atoms with E-state index in [1.54, 1.807) is 0 Å². The van der Waals surface area contributed by atoms with Crippen molar-refractivity contribution in [1.82, 2.24) is 10.2 Å². The van der Waals surface area contributed by atoms with Crippen LogP contribution >= 0.6 is 0 Å². The van der Waals surface area contributed by atoms with Crippen molar-refractivity contribution in [3.05, 3.63) is 36.6 Å². The molecule has 1 aliphatic rings. The predicted molar refractivity (Wildman–Crippen MR) is 67.8 cm³/mol. The van der Waals surface area contributed by atoms with Crippen LogP contribution < -0.4 is 4.90 Å². The van der Waals surface area contributed by atoms with Crippen molar-refractivity contribution in [2.75, 3.05) is 18.0 Å². The summed E-state index contributed by atoms with van der Waals surface area (Å²) in [5, 5.41) is 7.60. The van der Waals surface area contributed by atoms with Crippen LogP contribution in [0.15, 0.2) is 25.3 Å². The summed E-state index contributed by atoms with van der Waals surface area (Å²) in [5.41, 5.74) is 2.72. The predicted octanol–water partition coefficient (Wildman–Crippen LogP) is 2.47. The molecule has 16 heavy (non-hydrogen) atoms. The lowest BCUT2D eigenvalue weighted by Crippen LogP contribution is -2.25. The van der Waals surface area contributed by atoms with E-state index in [0.717, 1.165) is 31.7 Å². The van der Waals surface area contributed by atoms with Gasteiger partial charge in [0.1, 0.15) is 0 Å². The van der Waals surface area contributed by atoms with Crippen LogP contribution in [0, 0.1) is 0 Å². The van der Waals surface area contributed by atoms with Gasteiger partial charge in [-0.25, -0.2) is 0 Å². The van der Waals surface area contributed by atoms with Crippen LogP contribution in [0.4, 0.5) is 5.82 Å². The monoisotopic (exact) mass is 217 g/mol. The van der Waals surface area contributed by atoms with Gasteiger partial charge in [-0.05, 0) is 25.7 Å². The summed E-state index contributed by atoms with van der Waals surface area (Å²) in [4.78, 5) is 2.21. The van der Waals surface area contributed by atoms with Crippen LogP contribution in [0.25, 0.3) is 0 Å². The first kappa shape index (κ1) is 11.0. The van der Waals surface area contributed by atoms with E-state index >= 15 is 0 Å². The summed E-state index contributed by atoms with van der Waals surface area (Å²) in [6.45, 7) is 9.23. The zero-order valence-electron chi connectivity index (χ0n) is 9.71. The average Bonchev–Trinajstić information content (AvgIpc) is 2.72. The number of fused-ring (bicyclic) bond motifs is 1. The van der Waals surface area contributed by atoms with E-state index in [1.807, 2.05) is 12.2 Å². The van der Waals surface area contributed by atoms with Crippen molar-refractivity contribution >= 4 is 5.82 Å². The molecule has 1 heterocycles. The van der Waals surface area contributed by atoms with E-state index in [-0.39, 0.29) is 0 Å². The molecule has 3 heteroatoms. The molecule has 0 atom stereocenters. The van der Waals surface area contributed by atoms with Crippen LogP contribution in [0.1, 0.15) is 24.1 Å². The standard InChI is InChI=1S/C13H19N3/c1-3-9-16(10-4-2)13-11-7-5-6-8-12(11)14-15-13/h3-4H,1-2,5-10H2,(H,14,15). The van der Waals surface area contributed by atoms with Gasteiger partial charge in [-0.3, -0.25) is 5.10 Å². The largest absolute Gasteiger partial charge is 0.347 e. The van der Waals surface area contributed by atoms with Gasteiger partial charge in [0, 0.05) is 24.3 Å². The van der Waals surface area contributed by atoms with Gasteiger partial charge < -0.3 is 4.90 Å². The van der Waals surface area contributed by atoms with Gasteiger partial charge in [0.05, 0.1) is 0 Å². The van der Waals surface area contributed by atoms with Gasteiger partial charge in [-0.15, -0.1) is 13.2 Å². The second kappa shape index (κ2) is 5.01. The van der Waals surface area contributed by atoms with Crippen LogP contribution in [0.3, 0.4) is 0 Å². The molecule has 0 aromatic carbocycles. The van der Waals surface area contributed by atoms with E-state index in [2.05, 4.69) is 28.3 Å². The minimum absolute atomic E-state index is 0.823. The molecule has 0 saturated heterocycles. The van der Waals surface area contributed by atoms with Crippen molar-refractivity contribution in [2.45, 2.75) is 25.7 Å². The van der Waals surface area contributed by atoms with E-state index in [1.165, 1.54) is 24.1 Å². The molecule has 0 unspecified atom stereocenters. The summed E-state index contributed by atoms with van der Waals surface area (Å²) in [5.74, 6) is 1.09. The van der Waals surface area contributed by atoms with Crippen molar-refractivity contribution in [2.24, 2.45) is 0 Å². The highest BCUT2D eigenvalue weighted by Gasteiger charge is 2.19. The Balaban J connectivity index is 2.26. The number of aryl methyl sites for hydroxylation is 1. The fraction of sp³-hybridized carbons (Fsp3) is 0.462. The fourth-order valence-electron chi connectivity index (χ4n) is 2.28. The Hall–Kier alpha value is -1.51. The number of rotatable bonds is 5. The molecule has 3 nitrogen and oxygen atoms in total. The molecule has 1 aromatic heterocycles. The van der Waals surface area contributed by atoms with Crippen molar-refractivity contribution in [1.29, 1.82) is 0 Å². The summed E-state index contributed by atoms with van der Waals surface area (Å²) < 4.78 is 0. The number of H-pyrrole nitrogens is 1. The Morgan fingerprint density at radius 3 is 2.56 bits per heavy atom. The van der Waals surface area contributed by atoms with E-state index in [4.69, 9.17) is 0 Å². The second-order valence-corrected chi connectivity index (χ2v) is 4.19. The molecule has 0 bridgehead atoms. The first-order valence-corrected chi connectivity index (χ1v) is 5.89. The minimum atomic E-state index is 0.823. The lowest BCUT2D eigenvalue weighted by atomic mass is 9.97. The van der Waals surface area contributed by atoms with Crippen LogP contribution in [-0.2, 0) is 12.8 Å². The second-order valence-electron chi connectivity index (χ2n) is 4.19. The quantitative estimate of drug-likeness (QED) is 0.768. The first-order chi connectivity index (χ1) is 7.86. The van der Waals surface area contributed by atoms with E-state index < -0.39 is 0 Å². The van der Waals surface area contributed by atoms with E-state index in [9.17, 15) is 0 Å². The SMILES string of the molecule is C=CCN(CC=C)c1n[nH]c2c1CCCC2. The van der Waals surface area contributed by atoms with Crippen LogP contribution in [0.5, 0.6) is 0 Å². The number of anilines is 1. The molecule has 0 aliphatic heterocycles. The van der Waals surface area contributed by atoms with Gasteiger partial charge in [0.2, 0.25) is 0 Å². The third-order valence-corrected chi connectivity index (χ3v) is 3.03. The maximum absolute atomic E-state index is 4.44. The fourth-order valence-corrected chi connectivity index (χ4v) is 2.28. The Kier molecular flexibility index (Phi) is 3.44. The van der Waals surface area contributed by atoms with Crippen LogP contribution in [-0.4, -0.2) is 23.3 Å². The van der Waals surface area contributed by atoms with Gasteiger partial charge >= 0.3 is 0 Å². The lowest BCUT2D eigenvalue weighted by molar-refractivity contribution is 0.674. The van der Waals surface area contributed by atoms with Gasteiger partial charge in [0.15, 0.2) is 5.82 Å². The van der Waals surface area contributed by atoms with Crippen molar-refractivity contribution in [3.63, 3.8) is 0 Å². The molecule has 0 spiro atoms. The number of nitrogens with zero attached hydrogens (tertiary/aromatic N) is 2. The number of nitrogens with one attached hydrogen (secondary N) is 1. The highest BCUT2D eigenvalue weighted by Crippen LogP contribution is 2.27. The summed E-state index contributed by atoms with van der Waals surface area (Å²) >= 11 is 0. The molecule has 2 rings (SSSR count). The maximum atomic E-state index is 4.44. The van der Waals surface area contributed by atoms with Crippen LogP contribution in [0.2, 0.25) is 0 Å². The molecular formula is C13H19N3. The first-order valence-electron chi connectivity index (χ1n) is 5.89. The normalized spacial score (nSPS) is 14.2. The number of aromatic nitrogens is 2. The molecule has 0 amide bonds. The lowest BCUT2D eigenvalue weighted by Gasteiger charge is -2.21. The molecule has 0 saturated carbocycles. The third kappa shape index (κ3) is 2.03. The smallest absolute Gasteiger partial charge is 0.154 e. The molecule has 0 fully saturated rings. The summed E-state index contributed by atoms with van der Waals surface area (Å²) in [7, 11) is 0. The summed E-state index contributed by atoms with van der Waals surface area (Å²) in [6, 6.07) is 0. The molecular weight excluding hydrogens is 198 g/mol. The Labute approximate surface area is 96.9 Å². The highest BCUT2D eigenvalue weighted by atomic mass is 15.3. The van der Waals surface area contributed by atoms with Crippen molar-refractivity contribution in [3.8, 4) is 0 Å². The van der Waals surface area contributed by atoms with E-state index in [0.29, 0.717) is 0 Å².